The lowest BCUT2D eigenvalue weighted by Gasteiger charge is -2.39. The highest BCUT2D eigenvalue weighted by Gasteiger charge is 2.34. The van der Waals surface area contributed by atoms with Crippen LogP contribution in [0.3, 0.4) is 0 Å². The number of hydrogen-bond acceptors (Lipinski definition) is 5. The van der Waals surface area contributed by atoms with E-state index in [0.717, 1.165) is 24.5 Å². The van der Waals surface area contributed by atoms with Crippen LogP contribution in [0.5, 0.6) is 0 Å². The van der Waals surface area contributed by atoms with Crippen LogP contribution in [0.15, 0.2) is 36.7 Å². The van der Waals surface area contributed by atoms with Gasteiger partial charge in [0.15, 0.2) is 0 Å². The van der Waals surface area contributed by atoms with Crippen LogP contribution in [-0.4, -0.2) is 51.0 Å². The highest BCUT2D eigenvalue weighted by molar-refractivity contribution is 5.75. The summed E-state index contributed by atoms with van der Waals surface area (Å²) < 4.78 is 1.80. The van der Waals surface area contributed by atoms with Gasteiger partial charge in [-0.15, -0.1) is 0 Å². The maximum absolute atomic E-state index is 12.1. The third kappa shape index (κ3) is 4.57. The number of anilines is 1. The number of aryl methyl sites for hydroxylation is 2. The minimum Gasteiger partial charge on any atom is -0.386 e. The molecule has 7 nitrogen and oxygen atoms in total. The highest BCUT2D eigenvalue weighted by Crippen LogP contribution is 2.24. The van der Waals surface area contributed by atoms with Gasteiger partial charge >= 0.3 is 0 Å². The smallest absolute Gasteiger partial charge is 0.221 e. The Bertz CT molecular complexity index is 703. The second-order valence-electron chi connectivity index (χ2n) is 6.66. The number of pyridine rings is 1. The number of aliphatic hydroxyl groups is 1. The van der Waals surface area contributed by atoms with Crippen LogP contribution in [0, 0.1) is 6.92 Å². The Morgan fingerprint density at radius 1 is 1.36 bits per heavy atom. The van der Waals surface area contributed by atoms with Gasteiger partial charge < -0.3 is 15.3 Å². The van der Waals surface area contributed by atoms with Crippen LogP contribution >= 0.6 is 0 Å². The maximum atomic E-state index is 12.1. The van der Waals surface area contributed by atoms with Crippen molar-refractivity contribution in [2.45, 2.75) is 38.3 Å². The Morgan fingerprint density at radius 2 is 2.24 bits per heavy atom. The molecule has 1 amide bonds. The molecule has 0 aliphatic carbocycles. The van der Waals surface area contributed by atoms with E-state index in [-0.39, 0.29) is 12.5 Å². The number of β-amino-alcohol motifs (C(OH)–C–C–N with tert-alkyl or cyclic N) is 1. The van der Waals surface area contributed by atoms with Gasteiger partial charge in [0, 0.05) is 50.7 Å². The summed E-state index contributed by atoms with van der Waals surface area (Å²) in [5.41, 5.74) is 0.109. The number of aromatic nitrogens is 3. The summed E-state index contributed by atoms with van der Waals surface area (Å²) in [7, 11) is 0. The topological polar surface area (TPSA) is 83.3 Å². The van der Waals surface area contributed by atoms with Crippen LogP contribution < -0.4 is 10.2 Å². The van der Waals surface area contributed by atoms with Gasteiger partial charge in [-0.1, -0.05) is 6.07 Å². The standard InChI is InChI=1S/C18H25N5O2/c1-15-6-10-21-23(15)12-7-17(24)20-13-18(25)8-4-11-22(14-18)16-5-2-3-9-19-16/h2-3,5-6,9-10,25H,4,7-8,11-14H2,1H3,(H,20,24)/t18-/m0/s1. The van der Waals surface area contributed by atoms with Gasteiger partial charge in [0.1, 0.15) is 5.82 Å². The Kier molecular flexibility index (Phi) is 5.33. The fourth-order valence-corrected chi connectivity index (χ4v) is 3.18. The summed E-state index contributed by atoms with van der Waals surface area (Å²) in [6.45, 7) is 4.10. The Labute approximate surface area is 147 Å². The highest BCUT2D eigenvalue weighted by atomic mass is 16.3. The maximum Gasteiger partial charge on any atom is 0.221 e. The van der Waals surface area contributed by atoms with E-state index in [9.17, 15) is 9.90 Å². The summed E-state index contributed by atoms with van der Waals surface area (Å²) in [6.07, 6.45) is 5.37. The first-order chi connectivity index (χ1) is 12.1. The average Bonchev–Trinajstić information content (AvgIpc) is 3.04. The molecule has 1 aliphatic rings. The van der Waals surface area contributed by atoms with Crippen LogP contribution in [0.1, 0.15) is 25.0 Å². The van der Waals surface area contributed by atoms with Gasteiger partial charge in [-0.3, -0.25) is 9.48 Å². The molecule has 0 spiro atoms. The van der Waals surface area contributed by atoms with Crippen molar-refractivity contribution in [3.05, 3.63) is 42.4 Å². The molecule has 1 saturated heterocycles. The van der Waals surface area contributed by atoms with Crippen molar-refractivity contribution in [1.82, 2.24) is 20.1 Å². The van der Waals surface area contributed by atoms with Crippen LogP contribution in [0.4, 0.5) is 5.82 Å². The number of rotatable bonds is 6. The number of carbonyl (C=O) groups is 1. The zero-order chi connectivity index (χ0) is 17.7. The molecule has 2 aromatic rings. The fourth-order valence-electron chi connectivity index (χ4n) is 3.18. The van der Waals surface area contributed by atoms with Gasteiger partial charge in [-0.05, 0) is 38.0 Å². The minimum absolute atomic E-state index is 0.0710. The second-order valence-corrected chi connectivity index (χ2v) is 6.66. The number of nitrogens with one attached hydrogen (secondary N) is 1. The predicted octanol–water partition coefficient (Wildman–Crippen LogP) is 1.12. The summed E-state index contributed by atoms with van der Waals surface area (Å²) >= 11 is 0. The summed E-state index contributed by atoms with van der Waals surface area (Å²) in [4.78, 5) is 18.5. The third-order valence-electron chi connectivity index (χ3n) is 4.62. The van der Waals surface area contributed by atoms with E-state index in [0.29, 0.717) is 25.9 Å². The first kappa shape index (κ1) is 17.4. The van der Waals surface area contributed by atoms with Gasteiger partial charge in [-0.25, -0.2) is 4.98 Å². The summed E-state index contributed by atoms with van der Waals surface area (Å²) in [5.74, 6) is 0.791. The Hall–Kier alpha value is -2.41. The van der Waals surface area contributed by atoms with Crippen molar-refractivity contribution in [1.29, 1.82) is 0 Å². The van der Waals surface area contributed by atoms with Gasteiger partial charge in [0.05, 0.1) is 5.60 Å². The summed E-state index contributed by atoms with van der Waals surface area (Å²) in [5, 5.41) is 17.9. The lowest BCUT2D eigenvalue weighted by molar-refractivity contribution is -0.122. The first-order valence-corrected chi connectivity index (χ1v) is 8.69. The van der Waals surface area contributed by atoms with E-state index in [4.69, 9.17) is 0 Å². The number of nitrogens with zero attached hydrogens (tertiary/aromatic N) is 4. The zero-order valence-electron chi connectivity index (χ0n) is 14.6. The van der Waals surface area contributed by atoms with Crippen LogP contribution in [-0.2, 0) is 11.3 Å². The SMILES string of the molecule is Cc1ccnn1CCC(=O)NC[C@@]1(O)CCCN(c2ccccn2)C1. The lowest BCUT2D eigenvalue weighted by atomic mass is 9.92. The molecule has 0 saturated carbocycles. The van der Waals surface area contributed by atoms with Gasteiger partial charge in [0.2, 0.25) is 5.91 Å². The fraction of sp³-hybridized carbons (Fsp3) is 0.500. The molecule has 3 heterocycles. The molecule has 134 valence electrons. The van der Waals surface area contributed by atoms with E-state index in [1.165, 1.54) is 0 Å². The van der Waals surface area contributed by atoms with Gasteiger partial charge in [0.25, 0.3) is 0 Å². The molecule has 1 fully saturated rings. The Balaban J connectivity index is 1.49. The van der Waals surface area contributed by atoms with Crippen molar-refractivity contribution < 1.29 is 9.90 Å². The lowest BCUT2D eigenvalue weighted by Crippen LogP contribution is -2.54. The molecule has 0 radical (unpaired) electrons. The molecule has 25 heavy (non-hydrogen) atoms. The Morgan fingerprint density at radius 3 is 2.96 bits per heavy atom. The average molecular weight is 343 g/mol. The largest absolute Gasteiger partial charge is 0.386 e. The van der Waals surface area contributed by atoms with Crippen molar-refractivity contribution in [2.24, 2.45) is 0 Å². The first-order valence-electron chi connectivity index (χ1n) is 8.69. The number of hydrogen-bond donors (Lipinski definition) is 2. The second kappa shape index (κ2) is 7.65. The van der Waals surface area contributed by atoms with Crippen LogP contribution in [0.2, 0.25) is 0 Å². The quantitative estimate of drug-likeness (QED) is 0.821. The predicted molar refractivity (Wildman–Crippen MR) is 95.2 cm³/mol. The van der Waals surface area contributed by atoms with Crippen molar-refractivity contribution in [2.75, 3.05) is 24.5 Å². The number of amides is 1. The van der Waals surface area contributed by atoms with E-state index in [2.05, 4.69) is 20.3 Å². The molecular formula is C18H25N5O2. The molecule has 1 aliphatic heterocycles. The van der Waals surface area contributed by atoms with E-state index < -0.39 is 5.60 Å². The molecule has 0 aromatic carbocycles. The minimum atomic E-state index is -0.924. The molecule has 2 N–H and O–H groups in total. The molecule has 7 heteroatoms. The van der Waals surface area contributed by atoms with E-state index in [1.807, 2.05) is 31.2 Å². The molecule has 2 aromatic heterocycles. The zero-order valence-corrected chi connectivity index (χ0v) is 14.6. The van der Waals surface area contributed by atoms with Crippen LogP contribution in [0.25, 0.3) is 0 Å². The van der Waals surface area contributed by atoms with E-state index in [1.54, 1.807) is 17.1 Å². The van der Waals surface area contributed by atoms with Crippen molar-refractivity contribution >= 4 is 11.7 Å². The van der Waals surface area contributed by atoms with Crippen molar-refractivity contribution in [3.8, 4) is 0 Å². The third-order valence-corrected chi connectivity index (χ3v) is 4.62. The van der Waals surface area contributed by atoms with E-state index >= 15 is 0 Å². The summed E-state index contributed by atoms with van der Waals surface area (Å²) in [6, 6.07) is 7.67. The van der Waals surface area contributed by atoms with Gasteiger partial charge in [-0.2, -0.15) is 5.10 Å². The number of carbonyl (C=O) groups excluding carboxylic acids is 1. The normalized spacial score (nSPS) is 20.5. The molecule has 1 atom stereocenters. The number of piperidine rings is 1. The molecule has 0 bridgehead atoms. The monoisotopic (exact) mass is 343 g/mol. The molecule has 3 rings (SSSR count). The molecule has 0 unspecified atom stereocenters. The molecular weight excluding hydrogens is 318 g/mol. The van der Waals surface area contributed by atoms with Crippen molar-refractivity contribution in [3.63, 3.8) is 0 Å².